The van der Waals surface area contributed by atoms with Crippen molar-refractivity contribution in [3.05, 3.63) is 101 Å². The molecule has 0 saturated heterocycles. The van der Waals surface area contributed by atoms with E-state index in [2.05, 4.69) is 5.32 Å². The number of ether oxygens (including phenoxy) is 1. The molecule has 2 N–H and O–H groups in total. The van der Waals surface area contributed by atoms with Gasteiger partial charge in [0.15, 0.2) is 0 Å². The summed E-state index contributed by atoms with van der Waals surface area (Å²) in [5, 5.41) is 12.3. The number of carboxylic acid groups (broad SMARTS) is 1. The zero-order chi connectivity index (χ0) is 20.6. The van der Waals surface area contributed by atoms with Gasteiger partial charge in [0, 0.05) is 6.42 Å². The Labute approximate surface area is 173 Å². The van der Waals surface area contributed by atoms with E-state index in [1.54, 1.807) is 42.5 Å². The maximum Gasteiger partial charge on any atom is 0.326 e. The lowest BCUT2D eigenvalue weighted by molar-refractivity contribution is -0.139. The molecule has 5 nitrogen and oxygen atoms in total. The second kappa shape index (κ2) is 9.75. The summed E-state index contributed by atoms with van der Waals surface area (Å²) in [5.41, 5.74) is 2.01. The molecule has 6 heteroatoms. The molecule has 29 heavy (non-hydrogen) atoms. The summed E-state index contributed by atoms with van der Waals surface area (Å²) in [6, 6.07) is 22.3. The molecule has 0 bridgehead atoms. The summed E-state index contributed by atoms with van der Waals surface area (Å²) >= 11 is 6.02. The minimum atomic E-state index is -1.12. The summed E-state index contributed by atoms with van der Waals surface area (Å²) < 4.78 is 5.79. The van der Waals surface area contributed by atoms with Crippen molar-refractivity contribution in [3.8, 4) is 5.75 Å². The van der Waals surface area contributed by atoms with Gasteiger partial charge in [-0.25, -0.2) is 4.79 Å². The molecule has 148 valence electrons. The van der Waals surface area contributed by atoms with Gasteiger partial charge in [-0.3, -0.25) is 4.79 Å². The van der Waals surface area contributed by atoms with Crippen LogP contribution in [0.5, 0.6) is 5.75 Å². The molecule has 0 heterocycles. The minimum Gasteiger partial charge on any atom is -0.489 e. The first-order valence-corrected chi connectivity index (χ1v) is 9.44. The number of amides is 1. The van der Waals surface area contributed by atoms with E-state index in [9.17, 15) is 14.7 Å². The average molecular weight is 410 g/mol. The van der Waals surface area contributed by atoms with Crippen LogP contribution < -0.4 is 10.1 Å². The fraction of sp³-hybridized carbons (Fsp3) is 0.130. The number of aliphatic carboxylic acids is 1. The van der Waals surface area contributed by atoms with Crippen LogP contribution in [-0.2, 0) is 17.8 Å². The number of nitrogens with one attached hydrogen (secondary N) is 1. The SMILES string of the molecule is O=C(N[C@H](Cc1cccc(OCc2ccccc2)c1)C(=O)O)c1ccccc1Cl. The highest BCUT2D eigenvalue weighted by atomic mass is 35.5. The molecule has 0 unspecified atom stereocenters. The average Bonchev–Trinajstić information content (AvgIpc) is 2.73. The van der Waals surface area contributed by atoms with Crippen molar-refractivity contribution < 1.29 is 19.4 Å². The molecule has 0 aliphatic carbocycles. The van der Waals surface area contributed by atoms with Crippen molar-refractivity contribution in [3.63, 3.8) is 0 Å². The van der Waals surface area contributed by atoms with Gasteiger partial charge in [0.1, 0.15) is 18.4 Å². The van der Waals surface area contributed by atoms with Crippen molar-refractivity contribution in [1.29, 1.82) is 0 Å². The van der Waals surface area contributed by atoms with Crippen molar-refractivity contribution >= 4 is 23.5 Å². The van der Waals surface area contributed by atoms with Crippen molar-refractivity contribution in [1.82, 2.24) is 5.32 Å². The molecule has 0 spiro atoms. The number of halogens is 1. The summed E-state index contributed by atoms with van der Waals surface area (Å²) in [4.78, 5) is 24.1. The third-order valence-electron chi connectivity index (χ3n) is 4.31. The summed E-state index contributed by atoms with van der Waals surface area (Å²) in [5.74, 6) is -1.02. The standard InChI is InChI=1S/C23H20ClNO4/c24-20-12-5-4-11-19(20)22(26)25-21(23(27)28)14-17-9-6-10-18(13-17)29-15-16-7-2-1-3-8-16/h1-13,21H,14-15H2,(H,25,26)(H,27,28)/t21-/m1/s1. The third-order valence-corrected chi connectivity index (χ3v) is 4.64. The maximum absolute atomic E-state index is 12.4. The van der Waals surface area contributed by atoms with Crippen LogP contribution in [0.15, 0.2) is 78.9 Å². The fourth-order valence-corrected chi connectivity index (χ4v) is 3.04. The first-order chi connectivity index (χ1) is 14.0. The van der Waals surface area contributed by atoms with Gasteiger partial charge in [0.2, 0.25) is 0 Å². The maximum atomic E-state index is 12.4. The van der Waals surface area contributed by atoms with E-state index in [-0.39, 0.29) is 17.0 Å². The predicted molar refractivity (Wildman–Crippen MR) is 111 cm³/mol. The van der Waals surface area contributed by atoms with E-state index in [1.165, 1.54) is 0 Å². The van der Waals surface area contributed by atoms with Gasteiger partial charge in [-0.15, -0.1) is 0 Å². The molecule has 0 aliphatic heterocycles. The number of carbonyl (C=O) groups is 2. The Bertz CT molecular complexity index is 991. The molecular weight excluding hydrogens is 390 g/mol. The van der Waals surface area contributed by atoms with Crippen LogP contribution in [0, 0.1) is 0 Å². The van der Waals surface area contributed by atoms with Crippen LogP contribution in [0.25, 0.3) is 0 Å². The zero-order valence-electron chi connectivity index (χ0n) is 15.5. The number of hydrogen-bond acceptors (Lipinski definition) is 3. The monoisotopic (exact) mass is 409 g/mol. The zero-order valence-corrected chi connectivity index (χ0v) is 16.3. The van der Waals surface area contributed by atoms with Gasteiger partial charge in [0.25, 0.3) is 5.91 Å². The quantitative estimate of drug-likeness (QED) is 0.580. The molecule has 1 atom stereocenters. The predicted octanol–water partition coefficient (Wildman–Crippen LogP) is 4.34. The molecule has 0 radical (unpaired) electrons. The topological polar surface area (TPSA) is 75.6 Å². The smallest absolute Gasteiger partial charge is 0.326 e. The van der Waals surface area contributed by atoms with Gasteiger partial charge in [-0.2, -0.15) is 0 Å². The molecule has 3 aromatic rings. The second-order valence-electron chi connectivity index (χ2n) is 6.47. The number of hydrogen-bond donors (Lipinski definition) is 2. The van der Waals surface area contributed by atoms with Crippen LogP contribution in [0.2, 0.25) is 5.02 Å². The molecule has 0 aliphatic rings. The second-order valence-corrected chi connectivity index (χ2v) is 6.88. The van der Waals surface area contributed by atoms with Crippen molar-refractivity contribution in [2.75, 3.05) is 0 Å². The highest BCUT2D eigenvalue weighted by molar-refractivity contribution is 6.33. The van der Waals surface area contributed by atoms with E-state index >= 15 is 0 Å². The van der Waals surface area contributed by atoms with Crippen LogP contribution in [-0.4, -0.2) is 23.0 Å². The van der Waals surface area contributed by atoms with E-state index in [0.29, 0.717) is 12.4 Å². The Morgan fingerprint density at radius 3 is 2.34 bits per heavy atom. The van der Waals surface area contributed by atoms with Gasteiger partial charge >= 0.3 is 5.97 Å². The van der Waals surface area contributed by atoms with E-state index in [1.807, 2.05) is 36.4 Å². The Morgan fingerprint density at radius 1 is 0.931 bits per heavy atom. The third kappa shape index (κ3) is 5.83. The highest BCUT2D eigenvalue weighted by Crippen LogP contribution is 2.18. The summed E-state index contributed by atoms with van der Waals surface area (Å²) in [7, 11) is 0. The Hall–Kier alpha value is -3.31. The lowest BCUT2D eigenvalue weighted by atomic mass is 10.0. The van der Waals surface area contributed by atoms with E-state index < -0.39 is 17.9 Å². The lowest BCUT2D eigenvalue weighted by Crippen LogP contribution is -2.42. The van der Waals surface area contributed by atoms with Gasteiger partial charge in [-0.1, -0.05) is 66.2 Å². The fourth-order valence-electron chi connectivity index (χ4n) is 2.82. The lowest BCUT2D eigenvalue weighted by Gasteiger charge is -2.16. The molecule has 3 rings (SSSR count). The molecule has 0 fully saturated rings. The van der Waals surface area contributed by atoms with Crippen molar-refractivity contribution in [2.45, 2.75) is 19.1 Å². The number of rotatable bonds is 8. The summed E-state index contributed by atoms with van der Waals surface area (Å²) in [6.45, 7) is 0.413. The van der Waals surface area contributed by atoms with Gasteiger partial charge in [0.05, 0.1) is 10.6 Å². The van der Waals surface area contributed by atoms with Crippen molar-refractivity contribution in [2.24, 2.45) is 0 Å². The first kappa shape index (κ1) is 20.4. The van der Waals surface area contributed by atoms with Crippen LogP contribution in [0.4, 0.5) is 0 Å². The van der Waals surface area contributed by atoms with Gasteiger partial charge in [-0.05, 0) is 35.4 Å². The Balaban J connectivity index is 1.66. The van der Waals surface area contributed by atoms with Crippen LogP contribution in [0.1, 0.15) is 21.5 Å². The molecule has 0 aromatic heterocycles. The largest absolute Gasteiger partial charge is 0.489 e. The number of carbonyl (C=O) groups excluding carboxylic acids is 1. The van der Waals surface area contributed by atoms with E-state index in [4.69, 9.17) is 16.3 Å². The molecule has 0 saturated carbocycles. The highest BCUT2D eigenvalue weighted by Gasteiger charge is 2.22. The van der Waals surface area contributed by atoms with Gasteiger partial charge < -0.3 is 15.2 Å². The molecule has 3 aromatic carbocycles. The minimum absolute atomic E-state index is 0.119. The van der Waals surface area contributed by atoms with Crippen LogP contribution >= 0.6 is 11.6 Å². The molecular formula is C23H20ClNO4. The van der Waals surface area contributed by atoms with E-state index in [0.717, 1.165) is 11.1 Å². The summed E-state index contributed by atoms with van der Waals surface area (Å²) in [6.07, 6.45) is 0.119. The number of carboxylic acids is 1. The number of benzene rings is 3. The van der Waals surface area contributed by atoms with Crippen LogP contribution in [0.3, 0.4) is 0 Å². The Morgan fingerprint density at radius 2 is 1.62 bits per heavy atom. The Kier molecular flexibility index (Phi) is 6.87. The molecule has 1 amide bonds. The normalized spacial score (nSPS) is 11.5. The first-order valence-electron chi connectivity index (χ1n) is 9.07.